The maximum absolute atomic E-state index is 5.79. The minimum atomic E-state index is -0.0497. The Labute approximate surface area is 145 Å². The summed E-state index contributed by atoms with van der Waals surface area (Å²) in [7, 11) is 0. The number of hydrogen-bond acceptors (Lipinski definition) is 2. The van der Waals surface area contributed by atoms with Gasteiger partial charge in [0.1, 0.15) is 0 Å². The highest BCUT2D eigenvalue weighted by atomic mass is 127. The number of rotatable bonds is 6. The first-order valence-electron chi connectivity index (χ1n) is 7.13. The van der Waals surface area contributed by atoms with Crippen molar-refractivity contribution in [2.75, 3.05) is 13.2 Å². The van der Waals surface area contributed by atoms with Crippen molar-refractivity contribution < 1.29 is 4.74 Å². The molecule has 0 heterocycles. The third-order valence-corrected chi connectivity index (χ3v) is 2.72. The molecule has 1 aromatic carbocycles. The van der Waals surface area contributed by atoms with E-state index in [0.29, 0.717) is 19.1 Å². The van der Waals surface area contributed by atoms with E-state index in [0.717, 1.165) is 6.42 Å². The maximum atomic E-state index is 5.79. The number of ether oxygens (including phenoxy) is 1. The Morgan fingerprint density at radius 2 is 1.90 bits per heavy atom. The van der Waals surface area contributed by atoms with E-state index < -0.39 is 0 Å². The molecular weight excluding hydrogens is 377 g/mol. The second kappa shape index (κ2) is 10.00. The lowest BCUT2D eigenvalue weighted by atomic mass is 10.1. The van der Waals surface area contributed by atoms with Crippen molar-refractivity contribution in [1.82, 2.24) is 5.32 Å². The number of benzene rings is 1. The Morgan fingerprint density at radius 1 is 1.29 bits per heavy atom. The Balaban J connectivity index is 0.00000400. The molecule has 0 aliphatic heterocycles. The van der Waals surface area contributed by atoms with Gasteiger partial charge in [-0.3, -0.25) is 4.99 Å². The maximum Gasteiger partial charge on any atom is 0.188 e. The second-order valence-corrected chi connectivity index (χ2v) is 5.92. The van der Waals surface area contributed by atoms with Crippen LogP contribution in [0.1, 0.15) is 45.8 Å². The molecule has 120 valence electrons. The van der Waals surface area contributed by atoms with E-state index in [-0.39, 0.29) is 35.6 Å². The number of nitrogens with two attached hydrogens (primary N) is 1. The number of nitrogens with zero attached hydrogens (tertiary/aromatic N) is 1. The monoisotopic (exact) mass is 405 g/mol. The van der Waals surface area contributed by atoms with Gasteiger partial charge in [-0.2, -0.15) is 0 Å². The van der Waals surface area contributed by atoms with Gasteiger partial charge in [0.05, 0.1) is 6.10 Å². The van der Waals surface area contributed by atoms with Gasteiger partial charge in [-0.15, -0.1) is 24.0 Å². The number of halogens is 1. The van der Waals surface area contributed by atoms with Gasteiger partial charge >= 0.3 is 0 Å². The van der Waals surface area contributed by atoms with Crippen molar-refractivity contribution in [3.8, 4) is 0 Å². The zero-order chi connectivity index (χ0) is 15.0. The highest BCUT2D eigenvalue weighted by molar-refractivity contribution is 14.0. The van der Waals surface area contributed by atoms with Crippen LogP contribution in [-0.2, 0) is 4.74 Å². The molecule has 0 fully saturated rings. The molecule has 3 N–H and O–H groups in total. The fourth-order valence-electron chi connectivity index (χ4n) is 1.77. The summed E-state index contributed by atoms with van der Waals surface area (Å²) in [6, 6.07) is 10.2. The van der Waals surface area contributed by atoms with Crippen molar-refractivity contribution in [3.63, 3.8) is 0 Å². The topological polar surface area (TPSA) is 59.6 Å². The van der Waals surface area contributed by atoms with Gasteiger partial charge in [-0.25, -0.2) is 0 Å². The number of aliphatic imine (C=N–C) groups is 1. The van der Waals surface area contributed by atoms with Crippen LogP contribution in [0.25, 0.3) is 0 Å². The molecule has 21 heavy (non-hydrogen) atoms. The van der Waals surface area contributed by atoms with Crippen LogP contribution in [0.15, 0.2) is 35.3 Å². The lowest BCUT2D eigenvalue weighted by Crippen LogP contribution is -2.45. The molecule has 0 aliphatic carbocycles. The van der Waals surface area contributed by atoms with Crippen LogP contribution in [0, 0.1) is 0 Å². The van der Waals surface area contributed by atoms with Crippen LogP contribution < -0.4 is 11.1 Å². The number of guanidine groups is 1. The summed E-state index contributed by atoms with van der Waals surface area (Å²) >= 11 is 0. The molecule has 1 unspecified atom stereocenters. The zero-order valence-electron chi connectivity index (χ0n) is 13.4. The summed E-state index contributed by atoms with van der Waals surface area (Å²) in [6.07, 6.45) is 0.981. The minimum Gasteiger partial charge on any atom is -0.374 e. The first-order chi connectivity index (χ1) is 9.38. The summed E-state index contributed by atoms with van der Waals surface area (Å²) in [4.78, 5) is 4.28. The third kappa shape index (κ3) is 9.68. The Kier molecular flexibility index (Phi) is 9.61. The largest absolute Gasteiger partial charge is 0.374 e. The fourth-order valence-corrected chi connectivity index (χ4v) is 1.77. The Bertz CT molecular complexity index is 415. The van der Waals surface area contributed by atoms with Crippen LogP contribution in [0.4, 0.5) is 0 Å². The Morgan fingerprint density at radius 3 is 2.48 bits per heavy atom. The molecule has 0 saturated carbocycles. The molecule has 1 rings (SSSR count). The van der Waals surface area contributed by atoms with Crippen molar-refractivity contribution in [3.05, 3.63) is 35.9 Å². The van der Waals surface area contributed by atoms with E-state index in [4.69, 9.17) is 10.5 Å². The summed E-state index contributed by atoms with van der Waals surface area (Å²) in [5, 5.41) is 3.13. The van der Waals surface area contributed by atoms with E-state index in [2.05, 4.69) is 50.1 Å². The zero-order valence-corrected chi connectivity index (χ0v) is 15.8. The van der Waals surface area contributed by atoms with Crippen molar-refractivity contribution in [2.45, 2.75) is 45.8 Å². The predicted octanol–water partition coefficient (Wildman–Crippen LogP) is 3.48. The highest BCUT2D eigenvalue weighted by Gasteiger charge is 2.09. The minimum absolute atomic E-state index is 0. The molecule has 0 amide bonds. The molecule has 0 aliphatic rings. The van der Waals surface area contributed by atoms with E-state index in [1.54, 1.807) is 0 Å². The van der Waals surface area contributed by atoms with Gasteiger partial charge in [0.2, 0.25) is 0 Å². The summed E-state index contributed by atoms with van der Waals surface area (Å²) < 4.78 is 5.78. The van der Waals surface area contributed by atoms with Crippen LogP contribution in [0.2, 0.25) is 0 Å². The van der Waals surface area contributed by atoms with E-state index in [1.807, 2.05) is 18.2 Å². The van der Waals surface area contributed by atoms with Crippen molar-refractivity contribution in [1.29, 1.82) is 0 Å². The van der Waals surface area contributed by atoms with Gasteiger partial charge in [0.15, 0.2) is 5.96 Å². The van der Waals surface area contributed by atoms with Crippen LogP contribution >= 0.6 is 24.0 Å². The van der Waals surface area contributed by atoms with Crippen LogP contribution in [-0.4, -0.2) is 24.7 Å². The SMILES string of the molecule is CC(OCCCN=C(N)NC(C)(C)C)c1ccccc1.I. The molecule has 0 radical (unpaired) electrons. The van der Waals surface area contributed by atoms with E-state index in [1.165, 1.54) is 5.56 Å². The third-order valence-electron chi connectivity index (χ3n) is 2.72. The summed E-state index contributed by atoms with van der Waals surface area (Å²) in [5.74, 6) is 0.494. The average Bonchev–Trinajstić information content (AvgIpc) is 2.37. The smallest absolute Gasteiger partial charge is 0.188 e. The van der Waals surface area contributed by atoms with Gasteiger partial charge in [-0.1, -0.05) is 30.3 Å². The normalized spacial score (nSPS) is 13.4. The van der Waals surface area contributed by atoms with Gasteiger partial charge < -0.3 is 15.8 Å². The van der Waals surface area contributed by atoms with Crippen molar-refractivity contribution >= 4 is 29.9 Å². The standard InChI is InChI=1S/C16H27N3O.HI/c1-13(14-9-6-5-7-10-14)20-12-8-11-18-15(17)19-16(2,3)4;/h5-7,9-10,13H,8,11-12H2,1-4H3,(H3,17,18,19);1H. The number of hydrogen-bond donors (Lipinski definition) is 2. The molecule has 5 heteroatoms. The van der Waals surface area contributed by atoms with E-state index in [9.17, 15) is 0 Å². The molecular formula is C16H28IN3O. The molecule has 0 spiro atoms. The molecule has 0 aromatic heterocycles. The first kappa shape index (κ1) is 20.2. The highest BCUT2D eigenvalue weighted by Crippen LogP contribution is 2.15. The molecule has 0 bridgehead atoms. The second-order valence-electron chi connectivity index (χ2n) is 5.92. The predicted molar refractivity (Wildman–Crippen MR) is 100 cm³/mol. The summed E-state index contributed by atoms with van der Waals surface area (Å²) in [6.45, 7) is 9.59. The lowest BCUT2D eigenvalue weighted by Gasteiger charge is -2.21. The fraction of sp³-hybridized carbons (Fsp3) is 0.562. The van der Waals surface area contributed by atoms with Gasteiger partial charge in [-0.05, 0) is 39.7 Å². The average molecular weight is 405 g/mol. The van der Waals surface area contributed by atoms with E-state index >= 15 is 0 Å². The lowest BCUT2D eigenvalue weighted by molar-refractivity contribution is 0.0652. The van der Waals surface area contributed by atoms with Crippen molar-refractivity contribution in [2.24, 2.45) is 10.7 Å². The van der Waals surface area contributed by atoms with Crippen LogP contribution in [0.3, 0.4) is 0 Å². The Hall–Kier alpha value is -0.820. The molecule has 4 nitrogen and oxygen atoms in total. The quantitative estimate of drug-likeness (QED) is 0.330. The summed E-state index contributed by atoms with van der Waals surface area (Å²) in [5.41, 5.74) is 6.94. The molecule has 1 aromatic rings. The van der Waals surface area contributed by atoms with Gasteiger partial charge in [0, 0.05) is 18.7 Å². The van der Waals surface area contributed by atoms with Crippen LogP contribution in [0.5, 0.6) is 0 Å². The molecule has 1 atom stereocenters. The number of nitrogens with one attached hydrogen (secondary N) is 1. The first-order valence-corrected chi connectivity index (χ1v) is 7.13. The van der Waals surface area contributed by atoms with Gasteiger partial charge in [0.25, 0.3) is 0 Å². The molecule has 0 saturated heterocycles.